The van der Waals surface area contributed by atoms with Crippen LogP contribution in [0.4, 0.5) is 0 Å². The maximum absolute atomic E-state index is 6.40. The summed E-state index contributed by atoms with van der Waals surface area (Å²) >= 11 is 6.40. The van der Waals surface area contributed by atoms with Crippen molar-refractivity contribution in [1.29, 1.82) is 0 Å². The van der Waals surface area contributed by atoms with E-state index < -0.39 is 0 Å². The molecule has 2 aromatic carbocycles. The zero-order valence-corrected chi connectivity index (χ0v) is 17.6. The van der Waals surface area contributed by atoms with Gasteiger partial charge in [-0.25, -0.2) is 4.98 Å². The Bertz CT molecular complexity index is 1350. The molecule has 0 aliphatic carbocycles. The van der Waals surface area contributed by atoms with Gasteiger partial charge in [-0.05, 0) is 54.1 Å². The molecule has 0 fully saturated rings. The predicted octanol–water partition coefficient (Wildman–Crippen LogP) is 5.93. The number of pyridine rings is 2. The topological polar surface area (TPSA) is 52.8 Å². The molecule has 0 aliphatic heterocycles. The van der Waals surface area contributed by atoms with E-state index in [9.17, 15) is 0 Å². The minimum Gasteiger partial charge on any atom is -0.487 e. The van der Waals surface area contributed by atoms with E-state index in [1.54, 1.807) is 12.4 Å². The Morgan fingerprint density at radius 1 is 0.935 bits per heavy atom. The molecule has 3 heterocycles. The van der Waals surface area contributed by atoms with Gasteiger partial charge in [0.1, 0.15) is 18.1 Å². The number of ether oxygens (including phenoxy) is 1. The van der Waals surface area contributed by atoms with Crippen molar-refractivity contribution in [1.82, 2.24) is 19.7 Å². The monoisotopic (exact) mass is 426 g/mol. The number of aryl methyl sites for hydroxylation is 1. The summed E-state index contributed by atoms with van der Waals surface area (Å²) in [6, 6.07) is 21.7. The van der Waals surface area contributed by atoms with Crippen molar-refractivity contribution in [2.24, 2.45) is 7.05 Å². The van der Waals surface area contributed by atoms with Crippen LogP contribution in [0.25, 0.3) is 33.3 Å². The Morgan fingerprint density at radius 2 is 1.71 bits per heavy atom. The van der Waals surface area contributed by atoms with Gasteiger partial charge in [-0.3, -0.25) is 9.67 Å². The molecule has 5 rings (SSSR count). The summed E-state index contributed by atoms with van der Waals surface area (Å²) in [6.07, 6.45) is 5.59. The third-order valence-electron chi connectivity index (χ3n) is 5.07. The fourth-order valence-electron chi connectivity index (χ4n) is 3.54. The third-order valence-corrected chi connectivity index (χ3v) is 5.40. The molecule has 5 aromatic rings. The van der Waals surface area contributed by atoms with E-state index in [0.29, 0.717) is 17.3 Å². The first kappa shape index (κ1) is 19.3. The SMILES string of the molecule is Cn1cc(-c2ccncc2)c(-c2ccc(OCc3nc4ccccc4cc3Cl)cc2)n1. The molecule has 0 spiro atoms. The Hall–Kier alpha value is -3.70. The number of halogens is 1. The number of nitrogens with zero attached hydrogens (tertiary/aromatic N) is 4. The van der Waals surface area contributed by atoms with Crippen molar-refractivity contribution in [2.75, 3.05) is 0 Å². The third kappa shape index (κ3) is 4.00. The number of fused-ring (bicyclic) bond motifs is 1. The summed E-state index contributed by atoms with van der Waals surface area (Å²) in [6.45, 7) is 0.300. The zero-order valence-electron chi connectivity index (χ0n) is 16.9. The Balaban J connectivity index is 1.37. The number of aromatic nitrogens is 4. The lowest BCUT2D eigenvalue weighted by Gasteiger charge is -2.09. The Morgan fingerprint density at radius 3 is 2.52 bits per heavy atom. The molecular formula is C25H19ClN4O. The highest BCUT2D eigenvalue weighted by molar-refractivity contribution is 6.31. The highest BCUT2D eigenvalue weighted by Crippen LogP contribution is 2.31. The summed E-state index contributed by atoms with van der Waals surface area (Å²) in [4.78, 5) is 8.73. The average molecular weight is 427 g/mol. The second-order valence-corrected chi connectivity index (χ2v) is 7.63. The van der Waals surface area contributed by atoms with Crippen LogP contribution in [0.3, 0.4) is 0 Å². The molecule has 0 radical (unpaired) electrons. The Labute approximate surface area is 184 Å². The molecule has 0 saturated heterocycles. The fraction of sp³-hybridized carbons (Fsp3) is 0.0800. The first-order valence-electron chi connectivity index (χ1n) is 9.89. The van der Waals surface area contributed by atoms with Gasteiger partial charge in [0, 0.05) is 42.2 Å². The lowest BCUT2D eigenvalue weighted by Crippen LogP contribution is -2.00. The van der Waals surface area contributed by atoms with Gasteiger partial charge in [0.15, 0.2) is 0 Å². The highest BCUT2D eigenvalue weighted by Gasteiger charge is 2.12. The largest absolute Gasteiger partial charge is 0.487 e. The van der Waals surface area contributed by atoms with Crippen LogP contribution < -0.4 is 4.74 Å². The number of rotatable bonds is 5. The van der Waals surface area contributed by atoms with Crippen LogP contribution in [0.1, 0.15) is 5.69 Å². The second kappa shape index (κ2) is 8.20. The van der Waals surface area contributed by atoms with Crippen LogP contribution >= 0.6 is 11.6 Å². The summed E-state index contributed by atoms with van der Waals surface area (Å²) in [5, 5.41) is 6.27. The molecule has 0 atom stereocenters. The summed E-state index contributed by atoms with van der Waals surface area (Å²) in [5.74, 6) is 0.746. The fourth-order valence-corrected chi connectivity index (χ4v) is 3.75. The van der Waals surface area contributed by atoms with Crippen molar-refractivity contribution in [3.63, 3.8) is 0 Å². The maximum Gasteiger partial charge on any atom is 0.132 e. The first-order valence-corrected chi connectivity index (χ1v) is 10.3. The lowest BCUT2D eigenvalue weighted by atomic mass is 10.0. The number of hydrogen-bond acceptors (Lipinski definition) is 4. The van der Waals surface area contributed by atoms with E-state index in [0.717, 1.165) is 39.0 Å². The van der Waals surface area contributed by atoms with Crippen molar-refractivity contribution < 1.29 is 4.74 Å². The van der Waals surface area contributed by atoms with Crippen molar-refractivity contribution in [3.8, 4) is 28.1 Å². The number of para-hydroxylation sites is 1. The van der Waals surface area contributed by atoms with Gasteiger partial charge in [-0.15, -0.1) is 0 Å². The van der Waals surface area contributed by atoms with Crippen LogP contribution in [0.15, 0.2) is 85.3 Å². The summed E-state index contributed by atoms with van der Waals surface area (Å²) < 4.78 is 7.77. The van der Waals surface area contributed by atoms with Gasteiger partial charge < -0.3 is 4.74 Å². The van der Waals surface area contributed by atoms with Crippen LogP contribution in [-0.2, 0) is 13.7 Å². The van der Waals surface area contributed by atoms with Crippen molar-refractivity contribution in [2.45, 2.75) is 6.61 Å². The second-order valence-electron chi connectivity index (χ2n) is 7.22. The molecule has 0 bridgehead atoms. The highest BCUT2D eigenvalue weighted by atomic mass is 35.5. The van der Waals surface area contributed by atoms with Gasteiger partial charge in [0.2, 0.25) is 0 Å². The molecular weight excluding hydrogens is 408 g/mol. The van der Waals surface area contributed by atoms with Crippen LogP contribution in [0, 0.1) is 0 Å². The molecule has 31 heavy (non-hydrogen) atoms. The smallest absolute Gasteiger partial charge is 0.132 e. The minimum atomic E-state index is 0.300. The van der Waals surface area contributed by atoms with Gasteiger partial charge in [0.05, 0.1) is 16.2 Å². The maximum atomic E-state index is 6.40. The molecule has 3 aromatic heterocycles. The van der Waals surface area contributed by atoms with Gasteiger partial charge >= 0.3 is 0 Å². The van der Waals surface area contributed by atoms with E-state index in [4.69, 9.17) is 16.3 Å². The van der Waals surface area contributed by atoms with Crippen LogP contribution in [0.2, 0.25) is 5.02 Å². The molecule has 0 unspecified atom stereocenters. The van der Waals surface area contributed by atoms with E-state index in [2.05, 4.69) is 15.1 Å². The molecule has 5 nitrogen and oxygen atoms in total. The quantitative estimate of drug-likeness (QED) is 0.349. The van der Waals surface area contributed by atoms with Crippen LogP contribution in [-0.4, -0.2) is 19.7 Å². The van der Waals surface area contributed by atoms with E-state index in [-0.39, 0.29) is 0 Å². The molecule has 0 aliphatic rings. The van der Waals surface area contributed by atoms with Gasteiger partial charge in [-0.2, -0.15) is 5.10 Å². The van der Waals surface area contributed by atoms with E-state index >= 15 is 0 Å². The average Bonchev–Trinajstić information content (AvgIpc) is 3.20. The molecule has 0 saturated carbocycles. The van der Waals surface area contributed by atoms with Gasteiger partial charge in [0.25, 0.3) is 0 Å². The van der Waals surface area contributed by atoms with Crippen molar-refractivity contribution in [3.05, 3.63) is 96.0 Å². The first-order chi connectivity index (χ1) is 15.2. The molecule has 6 heteroatoms. The molecule has 0 N–H and O–H groups in total. The summed E-state index contributed by atoms with van der Waals surface area (Å²) in [5.41, 5.74) is 5.69. The zero-order chi connectivity index (χ0) is 21.2. The summed E-state index contributed by atoms with van der Waals surface area (Å²) in [7, 11) is 1.92. The molecule has 152 valence electrons. The van der Waals surface area contributed by atoms with E-state index in [1.807, 2.05) is 84.7 Å². The standard InChI is InChI=1S/C25H19ClN4O/c1-30-15-21(17-10-12-27-13-11-17)25(29-30)18-6-8-20(9-7-18)31-16-24-22(26)14-19-4-2-3-5-23(19)28-24/h2-15H,16H2,1H3. The number of benzene rings is 2. The van der Waals surface area contributed by atoms with Gasteiger partial charge in [-0.1, -0.05) is 29.8 Å². The minimum absolute atomic E-state index is 0.300. The lowest BCUT2D eigenvalue weighted by molar-refractivity contribution is 0.302. The predicted molar refractivity (Wildman–Crippen MR) is 123 cm³/mol. The normalized spacial score (nSPS) is 11.0. The van der Waals surface area contributed by atoms with Crippen LogP contribution in [0.5, 0.6) is 5.75 Å². The molecule has 0 amide bonds. The van der Waals surface area contributed by atoms with Crippen molar-refractivity contribution >= 4 is 22.5 Å². The van der Waals surface area contributed by atoms with E-state index in [1.165, 1.54) is 0 Å². The Kier molecular flexibility index (Phi) is 5.10. The number of hydrogen-bond donors (Lipinski definition) is 0.